The number of phenolic OH excluding ortho intramolecular Hbond substituents is 4. The van der Waals surface area contributed by atoms with Crippen LogP contribution >= 0.6 is 0 Å². The highest BCUT2D eigenvalue weighted by molar-refractivity contribution is 6.02. The molecule has 4 aromatic rings. The number of rotatable bonds is 9. The summed E-state index contributed by atoms with van der Waals surface area (Å²) in [6, 6.07) is 25.7. The lowest BCUT2D eigenvalue weighted by Gasteiger charge is -2.33. The van der Waals surface area contributed by atoms with Gasteiger partial charge >= 0.3 is 11.9 Å². The van der Waals surface area contributed by atoms with Gasteiger partial charge in [-0.05, 0) is 58.2 Å². The van der Waals surface area contributed by atoms with Gasteiger partial charge in [0.1, 0.15) is 0 Å². The number of carbonyl (C=O) groups is 2. The van der Waals surface area contributed by atoms with E-state index in [-0.39, 0.29) is 24.5 Å². The summed E-state index contributed by atoms with van der Waals surface area (Å²) in [5, 5.41) is 40.9. The van der Waals surface area contributed by atoms with E-state index in [0.29, 0.717) is 29.5 Å². The lowest BCUT2D eigenvalue weighted by atomic mass is 9.71. The number of aromatic hydroxyl groups is 4. The van der Waals surface area contributed by atoms with E-state index in [9.17, 15) is 30.0 Å². The van der Waals surface area contributed by atoms with Gasteiger partial charge < -0.3 is 29.9 Å². The Kier molecular flexibility index (Phi) is 8.43. The second-order valence-corrected chi connectivity index (χ2v) is 10.0. The fourth-order valence-corrected chi connectivity index (χ4v) is 5.17. The van der Waals surface area contributed by atoms with E-state index in [2.05, 4.69) is 0 Å². The molecule has 0 aromatic heterocycles. The average molecular weight is 567 g/mol. The molecule has 0 amide bonds. The molecule has 2 unspecified atom stereocenters. The quantitative estimate of drug-likeness (QED) is 0.160. The van der Waals surface area contributed by atoms with Gasteiger partial charge in [-0.1, -0.05) is 66.7 Å². The van der Waals surface area contributed by atoms with Crippen molar-refractivity contribution in [2.24, 2.45) is 5.92 Å². The molecule has 42 heavy (non-hydrogen) atoms. The zero-order chi connectivity index (χ0) is 29.6. The first-order valence-electron chi connectivity index (χ1n) is 13.5. The van der Waals surface area contributed by atoms with Gasteiger partial charge in [-0.3, -0.25) is 4.79 Å². The Morgan fingerprint density at radius 2 is 1.21 bits per heavy atom. The molecule has 214 valence electrons. The number of fused-ring (bicyclic) bond motifs is 1. The lowest BCUT2D eigenvalue weighted by Crippen LogP contribution is -2.34. The first-order valence-corrected chi connectivity index (χ1v) is 13.5. The maximum Gasteiger partial charge on any atom is 0.334 e. The molecule has 0 aliphatic heterocycles. The van der Waals surface area contributed by atoms with Crippen molar-refractivity contribution in [1.29, 1.82) is 0 Å². The normalized spacial score (nSPS) is 15.8. The molecule has 5 rings (SSSR count). The topological polar surface area (TPSA) is 134 Å². The zero-order valence-electron chi connectivity index (χ0n) is 22.6. The Balaban J connectivity index is 1.51. The van der Waals surface area contributed by atoms with E-state index < -0.39 is 41.0 Å². The predicted octanol–water partition coefficient (Wildman–Crippen LogP) is 5.23. The molecular formula is C34H30O8. The molecule has 4 aromatic carbocycles. The van der Waals surface area contributed by atoms with Gasteiger partial charge in [-0.15, -0.1) is 0 Å². The van der Waals surface area contributed by atoms with Gasteiger partial charge in [-0.2, -0.15) is 0 Å². The van der Waals surface area contributed by atoms with Gasteiger partial charge in [0.15, 0.2) is 23.0 Å². The molecule has 0 radical (unpaired) electrons. The van der Waals surface area contributed by atoms with Crippen LogP contribution in [0.3, 0.4) is 0 Å². The van der Waals surface area contributed by atoms with E-state index in [4.69, 9.17) is 9.47 Å². The largest absolute Gasteiger partial charge is 0.504 e. The SMILES string of the molecule is O=C(OCCc1ccccc1)C1=Cc2cc(O)c(O)cc2C(c2ccc(O)c(O)c2)C1C(=O)OCCc1ccccc1. The fraction of sp³-hybridized carbons (Fsp3) is 0.176. The van der Waals surface area contributed by atoms with Crippen molar-refractivity contribution in [2.45, 2.75) is 18.8 Å². The third-order valence-electron chi connectivity index (χ3n) is 7.29. The van der Waals surface area contributed by atoms with Crippen molar-refractivity contribution in [2.75, 3.05) is 13.2 Å². The number of esters is 2. The van der Waals surface area contributed by atoms with E-state index in [1.54, 1.807) is 0 Å². The summed E-state index contributed by atoms with van der Waals surface area (Å²) in [5.74, 6) is -5.18. The molecule has 8 nitrogen and oxygen atoms in total. The van der Waals surface area contributed by atoms with E-state index >= 15 is 0 Å². The highest BCUT2D eigenvalue weighted by Crippen LogP contribution is 2.47. The van der Waals surface area contributed by atoms with Crippen LogP contribution in [0.25, 0.3) is 6.08 Å². The van der Waals surface area contributed by atoms with Crippen molar-refractivity contribution in [3.05, 3.63) is 124 Å². The minimum absolute atomic E-state index is 0.00271. The van der Waals surface area contributed by atoms with Gasteiger partial charge in [0.25, 0.3) is 0 Å². The molecule has 4 N–H and O–H groups in total. The highest BCUT2D eigenvalue weighted by atomic mass is 16.5. The second-order valence-electron chi connectivity index (χ2n) is 10.0. The van der Waals surface area contributed by atoms with Crippen LogP contribution in [0.2, 0.25) is 0 Å². The van der Waals surface area contributed by atoms with E-state index in [1.807, 2.05) is 60.7 Å². The van der Waals surface area contributed by atoms with Crippen molar-refractivity contribution in [1.82, 2.24) is 0 Å². The molecule has 1 aliphatic rings. The smallest absolute Gasteiger partial charge is 0.334 e. The second kappa shape index (κ2) is 12.5. The van der Waals surface area contributed by atoms with Crippen LogP contribution in [0.1, 0.15) is 33.7 Å². The maximum atomic E-state index is 13.8. The number of phenols is 4. The predicted molar refractivity (Wildman–Crippen MR) is 155 cm³/mol. The summed E-state index contributed by atoms with van der Waals surface area (Å²) in [6.45, 7) is 0.116. The number of hydrogen-bond donors (Lipinski definition) is 4. The van der Waals surface area contributed by atoms with Crippen LogP contribution in [0.15, 0.2) is 96.6 Å². The Hall–Kier alpha value is -5.24. The highest BCUT2D eigenvalue weighted by Gasteiger charge is 2.43. The first-order chi connectivity index (χ1) is 20.3. The molecular weight excluding hydrogens is 536 g/mol. The van der Waals surface area contributed by atoms with Crippen LogP contribution in [0.5, 0.6) is 23.0 Å². The molecule has 2 atom stereocenters. The van der Waals surface area contributed by atoms with Crippen LogP contribution in [-0.2, 0) is 31.9 Å². The Morgan fingerprint density at radius 1 is 0.643 bits per heavy atom. The van der Waals surface area contributed by atoms with Crippen LogP contribution in [0.4, 0.5) is 0 Å². The number of hydrogen-bond acceptors (Lipinski definition) is 8. The summed E-state index contributed by atoms with van der Waals surface area (Å²) < 4.78 is 11.3. The molecule has 0 heterocycles. The van der Waals surface area contributed by atoms with Gasteiger partial charge in [0.2, 0.25) is 0 Å². The summed E-state index contributed by atoms with van der Waals surface area (Å²) in [4.78, 5) is 27.4. The van der Waals surface area contributed by atoms with Crippen molar-refractivity contribution in [3.8, 4) is 23.0 Å². The Bertz CT molecular complexity index is 1610. The van der Waals surface area contributed by atoms with Crippen LogP contribution in [-0.4, -0.2) is 45.6 Å². The first kappa shape index (κ1) is 28.3. The minimum atomic E-state index is -1.22. The van der Waals surface area contributed by atoms with Crippen LogP contribution in [0, 0.1) is 5.92 Å². The number of carbonyl (C=O) groups excluding carboxylic acids is 2. The summed E-state index contributed by atoms with van der Waals surface area (Å²) >= 11 is 0. The molecule has 0 saturated heterocycles. The summed E-state index contributed by atoms with van der Waals surface area (Å²) in [5.41, 5.74) is 3.12. The third kappa shape index (κ3) is 6.23. The summed E-state index contributed by atoms with van der Waals surface area (Å²) in [6.07, 6.45) is 2.38. The Morgan fingerprint density at radius 3 is 1.83 bits per heavy atom. The lowest BCUT2D eigenvalue weighted by molar-refractivity contribution is -0.151. The standard InChI is InChI=1S/C34H30O8/c35-27-12-11-23(18-28(27)36)31-25-20-30(38)29(37)19-24(25)17-26(33(39)41-15-13-21-7-3-1-4-8-21)32(31)34(40)42-16-14-22-9-5-2-6-10-22/h1-12,17-20,31-32,35-38H,13-16H2. The Labute approximate surface area is 242 Å². The zero-order valence-corrected chi connectivity index (χ0v) is 22.6. The fourth-order valence-electron chi connectivity index (χ4n) is 5.17. The molecule has 1 aliphatic carbocycles. The van der Waals surface area contributed by atoms with E-state index in [1.165, 1.54) is 36.4 Å². The maximum absolute atomic E-state index is 13.8. The third-order valence-corrected chi connectivity index (χ3v) is 7.29. The minimum Gasteiger partial charge on any atom is -0.504 e. The average Bonchev–Trinajstić information content (AvgIpc) is 2.99. The molecule has 0 fully saturated rings. The molecule has 0 bridgehead atoms. The monoisotopic (exact) mass is 566 g/mol. The number of benzene rings is 4. The van der Waals surface area contributed by atoms with Gasteiger partial charge in [0.05, 0.1) is 24.7 Å². The molecule has 8 heteroatoms. The van der Waals surface area contributed by atoms with Gasteiger partial charge in [0, 0.05) is 18.8 Å². The van der Waals surface area contributed by atoms with Crippen molar-refractivity contribution in [3.63, 3.8) is 0 Å². The van der Waals surface area contributed by atoms with Crippen molar-refractivity contribution >= 4 is 18.0 Å². The number of ether oxygens (including phenoxy) is 2. The van der Waals surface area contributed by atoms with Crippen molar-refractivity contribution < 1.29 is 39.5 Å². The summed E-state index contributed by atoms with van der Waals surface area (Å²) in [7, 11) is 0. The van der Waals surface area contributed by atoms with Gasteiger partial charge in [-0.25, -0.2) is 4.79 Å². The van der Waals surface area contributed by atoms with E-state index in [0.717, 1.165) is 11.1 Å². The van der Waals surface area contributed by atoms with Crippen LogP contribution < -0.4 is 0 Å². The molecule has 0 spiro atoms. The molecule has 0 saturated carbocycles.